The highest BCUT2D eigenvalue weighted by molar-refractivity contribution is 7.89. The van der Waals surface area contributed by atoms with Crippen molar-refractivity contribution in [2.24, 2.45) is 7.05 Å². The molecule has 0 aliphatic heterocycles. The van der Waals surface area contributed by atoms with Crippen LogP contribution in [0.25, 0.3) is 0 Å². The average Bonchev–Trinajstić information content (AvgIpc) is 2.65. The number of hydrogen-bond acceptors (Lipinski definition) is 4. The van der Waals surface area contributed by atoms with Gasteiger partial charge >= 0.3 is 0 Å². The molecule has 1 heterocycles. The monoisotopic (exact) mass is 248 g/mol. The fourth-order valence-electron chi connectivity index (χ4n) is 1.35. The predicted molar refractivity (Wildman–Crippen MR) is 58.3 cm³/mol. The highest BCUT2D eigenvalue weighted by Crippen LogP contribution is 2.14. The number of hydrogen-bond donors (Lipinski definition) is 2. The fourth-order valence-corrected chi connectivity index (χ4v) is 2.83. The van der Waals surface area contributed by atoms with Crippen LogP contribution in [0, 0.1) is 0 Å². The molecule has 6 nitrogen and oxygen atoms in total. The first-order valence-corrected chi connectivity index (χ1v) is 6.30. The first-order valence-electron chi connectivity index (χ1n) is 4.86. The summed E-state index contributed by atoms with van der Waals surface area (Å²) in [6, 6.07) is 1.48. The molecule has 1 aromatic rings. The molecule has 1 aromatic heterocycles. The van der Waals surface area contributed by atoms with Gasteiger partial charge in [-0.05, 0) is 6.07 Å². The van der Waals surface area contributed by atoms with Crippen LogP contribution in [-0.2, 0) is 17.1 Å². The second-order valence-corrected chi connectivity index (χ2v) is 5.30. The van der Waals surface area contributed by atoms with E-state index in [1.165, 1.54) is 12.3 Å². The van der Waals surface area contributed by atoms with Crippen LogP contribution >= 0.6 is 0 Å². The smallest absolute Gasteiger partial charge is 0.244 e. The molecule has 0 atom stereocenters. The van der Waals surface area contributed by atoms with Crippen molar-refractivity contribution in [3.05, 3.63) is 18.5 Å². The number of aliphatic hydroxyl groups excluding tert-OH is 2. The number of aromatic nitrogens is 1. The summed E-state index contributed by atoms with van der Waals surface area (Å²) in [6.07, 6.45) is 3.11. The van der Waals surface area contributed by atoms with Gasteiger partial charge in [-0.3, -0.25) is 0 Å². The van der Waals surface area contributed by atoms with Crippen molar-refractivity contribution in [2.45, 2.75) is 4.90 Å². The molecule has 0 saturated carbocycles. The third-order valence-electron chi connectivity index (χ3n) is 2.14. The minimum Gasteiger partial charge on any atom is -0.395 e. The Kier molecular flexibility index (Phi) is 4.48. The van der Waals surface area contributed by atoms with Gasteiger partial charge in [-0.25, -0.2) is 8.42 Å². The second kappa shape index (κ2) is 5.44. The molecule has 1 rings (SSSR count). The van der Waals surface area contributed by atoms with Crippen LogP contribution in [0.4, 0.5) is 0 Å². The van der Waals surface area contributed by atoms with Crippen molar-refractivity contribution < 1.29 is 18.6 Å². The van der Waals surface area contributed by atoms with Crippen molar-refractivity contribution in [1.29, 1.82) is 0 Å². The van der Waals surface area contributed by atoms with E-state index in [-0.39, 0.29) is 31.2 Å². The molecular weight excluding hydrogens is 232 g/mol. The molecule has 0 amide bonds. The van der Waals surface area contributed by atoms with E-state index in [0.29, 0.717) is 0 Å². The Labute approximate surface area is 94.8 Å². The molecule has 0 fully saturated rings. The van der Waals surface area contributed by atoms with E-state index in [1.807, 2.05) is 0 Å². The third kappa shape index (κ3) is 2.82. The number of aliphatic hydroxyl groups is 2. The average molecular weight is 248 g/mol. The van der Waals surface area contributed by atoms with Gasteiger partial charge in [0.15, 0.2) is 0 Å². The van der Waals surface area contributed by atoms with Crippen LogP contribution in [0.3, 0.4) is 0 Å². The maximum atomic E-state index is 12.0. The summed E-state index contributed by atoms with van der Waals surface area (Å²) in [5.74, 6) is 0. The van der Waals surface area contributed by atoms with Gasteiger partial charge in [0.25, 0.3) is 0 Å². The Bertz CT molecular complexity index is 420. The van der Waals surface area contributed by atoms with E-state index in [9.17, 15) is 8.42 Å². The lowest BCUT2D eigenvalue weighted by molar-refractivity contribution is 0.217. The molecule has 2 N–H and O–H groups in total. The zero-order valence-corrected chi connectivity index (χ0v) is 9.89. The van der Waals surface area contributed by atoms with Crippen LogP contribution in [-0.4, -0.2) is 53.8 Å². The molecule has 92 valence electrons. The van der Waals surface area contributed by atoms with Crippen LogP contribution in [0.5, 0.6) is 0 Å². The van der Waals surface area contributed by atoms with Crippen molar-refractivity contribution in [1.82, 2.24) is 8.87 Å². The summed E-state index contributed by atoms with van der Waals surface area (Å²) in [6.45, 7) is -0.576. The summed E-state index contributed by atoms with van der Waals surface area (Å²) >= 11 is 0. The largest absolute Gasteiger partial charge is 0.395 e. The molecule has 0 spiro atoms. The molecule has 0 aliphatic carbocycles. The SMILES string of the molecule is Cn1ccc(S(=O)(=O)N(CCO)CCO)c1. The van der Waals surface area contributed by atoms with Crippen molar-refractivity contribution in [2.75, 3.05) is 26.3 Å². The highest BCUT2D eigenvalue weighted by atomic mass is 32.2. The van der Waals surface area contributed by atoms with Gasteiger partial charge in [-0.2, -0.15) is 4.31 Å². The first-order chi connectivity index (χ1) is 7.52. The molecule has 7 heteroatoms. The maximum Gasteiger partial charge on any atom is 0.244 e. The van der Waals surface area contributed by atoms with Gasteiger partial charge in [-0.15, -0.1) is 0 Å². The minimum atomic E-state index is -3.61. The molecule has 0 saturated heterocycles. The molecule has 0 aromatic carbocycles. The zero-order chi connectivity index (χ0) is 12.2. The van der Waals surface area contributed by atoms with Crippen LogP contribution in [0.15, 0.2) is 23.4 Å². The van der Waals surface area contributed by atoms with Crippen molar-refractivity contribution in [3.63, 3.8) is 0 Å². The van der Waals surface area contributed by atoms with Crippen molar-refractivity contribution >= 4 is 10.0 Å². The van der Waals surface area contributed by atoms with Gasteiger partial charge in [0.1, 0.15) is 0 Å². The van der Waals surface area contributed by atoms with E-state index in [2.05, 4.69) is 0 Å². The molecule has 0 unspecified atom stereocenters. The third-order valence-corrected chi connectivity index (χ3v) is 4.02. The topological polar surface area (TPSA) is 82.8 Å². The Morgan fingerprint density at radius 1 is 1.31 bits per heavy atom. The van der Waals surface area contributed by atoms with E-state index in [1.54, 1.807) is 17.8 Å². The lowest BCUT2D eigenvalue weighted by Gasteiger charge is -2.19. The van der Waals surface area contributed by atoms with Gasteiger partial charge in [0.05, 0.1) is 18.1 Å². The number of sulfonamides is 1. The number of nitrogens with zero attached hydrogens (tertiary/aromatic N) is 2. The van der Waals surface area contributed by atoms with Gasteiger partial charge in [0, 0.05) is 32.5 Å². The van der Waals surface area contributed by atoms with Crippen LogP contribution < -0.4 is 0 Å². The van der Waals surface area contributed by atoms with E-state index >= 15 is 0 Å². The fraction of sp³-hybridized carbons (Fsp3) is 0.556. The van der Waals surface area contributed by atoms with Crippen LogP contribution in [0.2, 0.25) is 0 Å². The van der Waals surface area contributed by atoms with Gasteiger partial charge < -0.3 is 14.8 Å². The molecule has 0 aliphatic rings. The normalized spacial score (nSPS) is 12.2. The molecule has 0 radical (unpaired) electrons. The van der Waals surface area contributed by atoms with Crippen molar-refractivity contribution in [3.8, 4) is 0 Å². The van der Waals surface area contributed by atoms with E-state index < -0.39 is 10.0 Å². The predicted octanol–water partition coefficient (Wildman–Crippen LogP) is -1.000. The second-order valence-electron chi connectivity index (χ2n) is 3.36. The minimum absolute atomic E-state index is 0.0161. The molecule has 0 bridgehead atoms. The summed E-state index contributed by atoms with van der Waals surface area (Å²) in [5.41, 5.74) is 0. The molecule has 16 heavy (non-hydrogen) atoms. The Morgan fingerprint density at radius 3 is 2.25 bits per heavy atom. The summed E-state index contributed by atoms with van der Waals surface area (Å²) < 4.78 is 26.7. The quantitative estimate of drug-likeness (QED) is 0.676. The van der Waals surface area contributed by atoms with E-state index in [4.69, 9.17) is 10.2 Å². The number of rotatable bonds is 6. The van der Waals surface area contributed by atoms with E-state index in [0.717, 1.165) is 4.31 Å². The first kappa shape index (κ1) is 13.2. The standard InChI is InChI=1S/C9H16N2O4S/c1-10-3-2-9(8-10)16(14,15)11(4-6-12)5-7-13/h2-3,8,12-13H,4-7H2,1H3. The number of aryl methyl sites for hydroxylation is 1. The Morgan fingerprint density at radius 2 is 1.88 bits per heavy atom. The molecular formula is C9H16N2O4S. The van der Waals surface area contributed by atoms with Gasteiger partial charge in [0.2, 0.25) is 10.0 Å². The zero-order valence-electron chi connectivity index (χ0n) is 9.07. The van der Waals surface area contributed by atoms with Crippen LogP contribution in [0.1, 0.15) is 0 Å². The lowest BCUT2D eigenvalue weighted by Crippen LogP contribution is -2.35. The summed E-state index contributed by atoms with van der Waals surface area (Å²) in [5, 5.41) is 17.6. The summed E-state index contributed by atoms with van der Waals surface area (Å²) in [7, 11) is -1.89. The maximum absolute atomic E-state index is 12.0. The Hall–Kier alpha value is -0.890. The highest BCUT2D eigenvalue weighted by Gasteiger charge is 2.24. The Balaban J connectivity index is 2.97. The lowest BCUT2D eigenvalue weighted by atomic mass is 10.6. The summed E-state index contributed by atoms with van der Waals surface area (Å²) in [4.78, 5) is 0.164. The van der Waals surface area contributed by atoms with Gasteiger partial charge in [-0.1, -0.05) is 0 Å².